The number of thioether (sulfide) groups is 1. The van der Waals surface area contributed by atoms with Gasteiger partial charge in [0.05, 0.1) is 21.9 Å². The van der Waals surface area contributed by atoms with Crippen LogP contribution in [0.15, 0.2) is 63.9 Å². The minimum Gasteiger partial charge on any atom is -0.492 e. The van der Waals surface area contributed by atoms with Gasteiger partial charge in [-0.3, -0.25) is 24.6 Å². The number of aryl methyl sites for hydroxylation is 1. The fourth-order valence-corrected chi connectivity index (χ4v) is 4.15. The van der Waals surface area contributed by atoms with E-state index in [4.69, 9.17) is 20.8 Å². The minimum atomic E-state index is -0.470. The highest BCUT2D eigenvalue weighted by atomic mass is 35.5. The van der Waals surface area contributed by atoms with Gasteiger partial charge >= 0.3 is 0 Å². The van der Waals surface area contributed by atoms with Crippen LogP contribution in [0.2, 0.25) is 5.02 Å². The van der Waals surface area contributed by atoms with Crippen LogP contribution in [0.5, 0.6) is 5.75 Å². The van der Waals surface area contributed by atoms with Gasteiger partial charge in [-0.1, -0.05) is 17.7 Å². The number of rotatable bonds is 7. The van der Waals surface area contributed by atoms with Crippen LogP contribution in [0.1, 0.15) is 11.3 Å². The van der Waals surface area contributed by atoms with Crippen LogP contribution in [0.3, 0.4) is 0 Å². The Labute approximate surface area is 197 Å². The molecule has 8 nitrogen and oxygen atoms in total. The Bertz CT molecular complexity index is 1270. The molecule has 1 fully saturated rings. The molecule has 0 radical (unpaired) electrons. The molecule has 0 bridgehead atoms. The van der Waals surface area contributed by atoms with Crippen LogP contribution in [0.25, 0.3) is 17.4 Å². The lowest BCUT2D eigenvalue weighted by Crippen LogP contribution is -2.32. The molecule has 1 aliphatic heterocycles. The third kappa shape index (κ3) is 5.10. The third-order valence-corrected chi connectivity index (χ3v) is 5.95. The van der Waals surface area contributed by atoms with Crippen LogP contribution in [-0.2, 0) is 4.79 Å². The van der Waals surface area contributed by atoms with Crippen molar-refractivity contribution in [1.82, 2.24) is 4.90 Å². The molecule has 0 unspecified atom stereocenters. The first-order valence-electron chi connectivity index (χ1n) is 9.81. The summed E-state index contributed by atoms with van der Waals surface area (Å²) in [6, 6.07) is 14.8. The van der Waals surface area contributed by atoms with Gasteiger partial charge in [0.2, 0.25) is 0 Å². The number of halogens is 1. The number of furan rings is 1. The van der Waals surface area contributed by atoms with E-state index < -0.39 is 16.1 Å². The highest BCUT2D eigenvalue weighted by Crippen LogP contribution is 2.35. The van der Waals surface area contributed by atoms with E-state index >= 15 is 0 Å². The number of nitro groups is 1. The Morgan fingerprint density at radius 3 is 2.64 bits per heavy atom. The molecular formula is C23H17ClN2O6S. The molecule has 2 aromatic carbocycles. The number of imide groups is 1. The molecule has 1 aliphatic rings. The Hall–Kier alpha value is -3.56. The SMILES string of the molecule is Cc1ccc(-c2ccc(/C=C3\SC(=O)N(CCOc4ccc(Cl)cc4)C3=O)o2)c([N+](=O)[O-])c1. The fraction of sp³-hybridized carbons (Fsp3) is 0.130. The van der Waals surface area contributed by atoms with Gasteiger partial charge in [-0.2, -0.15) is 0 Å². The normalized spacial score (nSPS) is 14.8. The summed E-state index contributed by atoms with van der Waals surface area (Å²) >= 11 is 6.63. The molecule has 10 heteroatoms. The highest BCUT2D eigenvalue weighted by molar-refractivity contribution is 8.18. The van der Waals surface area contributed by atoms with Gasteiger partial charge in [0, 0.05) is 17.2 Å². The summed E-state index contributed by atoms with van der Waals surface area (Å²) in [7, 11) is 0. The highest BCUT2D eigenvalue weighted by Gasteiger charge is 2.35. The molecule has 0 aliphatic carbocycles. The zero-order chi connectivity index (χ0) is 23.5. The molecule has 1 saturated heterocycles. The molecule has 2 amide bonds. The Morgan fingerprint density at radius 1 is 1.15 bits per heavy atom. The second kappa shape index (κ2) is 9.51. The molecule has 0 atom stereocenters. The first-order valence-corrected chi connectivity index (χ1v) is 11.0. The van der Waals surface area contributed by atoms with Gasteiger partial charge in [0.1, 0.15) is 23.9 Å². The van der Waals surface area contributed by atoms with Gasteiger partial charge < -0.3 is 9.15 Å². The minimum absolute atomic E-state index is 0.0723. The van der Waals surface area contributed by atoms with Crippen LogP contribution in [-0.4, -0.2) is 34.1 Å². The fourth-order valence-electron chi connectivity index (χ4n) is 3.18. The maximum atomic E-state index is 12.7. The third-order valence-electron chi connectivity index (χ3n) is 4.79. The average molecular weight is 485 g/mol. The second-order valence-corrected chi connectivity index (χ2v) is 8.55. The average Bonchev–Trinajstić information content (AvgIpc) is 3.35. The Balaban J connectivity index is 1.45. The van der Waals surface area contributed by atoms with Crippen molar-refractivity contribution in [3.05, 3.63) is 86.0 Å². The van der Waals surface area contributed by atoms with E-state index in [1.807, 2.05) is 0 Å². The van der Waals surface area contributed by atoms with Crippen molar-refractivity contribution in [1.29, 1.82) is 0 Å². The molecule has 168 valence electrons. The molecule has 0 saturated carbocycles. The summed E-state index contributed by atoms with van der Waals surface area (Å²) in [6.07, 6.45) is 1.45. The van der Waals surface area contributed by atoms with E-state index in [-0.39, 0.29) is 23.7 Å². The zero-order valence-electron chi connectivity index (χ0n) is 17.3. The first kappa shape index (κ1) is 22.6. The molecule has 33 heavy (non-hydrogen) atoms. The maximum Gasteiger partial charge on any atom is 0.293 e. The summed E-state index contributed by atoms with van der Waals surface area (Å²) in [5.41, 5.74) is 1.01. The van der Waals surface area contributed by atoms with E-state index in [0.717, 1.165) is 22.2 Å². The smallest absolute Gasteiger partial charge is 0.293 e. The molecule has 3 aromatic rings. The number of nitro benzene ring substituents is 1. The predicted octanol–water partition coefficient (Wildman–Crippen LogP) is 5.93. The van der Waals surface area contributed by atoms with Crippen molar-refractivity contribution in [2.45, 2.75) is 6.92 Å². The van der Waals surface area contributed by atoms with Crippen molar-refractivity contribution in [2.24, 2.45) is 0 Å². The monoisotopic (exact) mass is 484 g/mol. The van der Waals surface area contributed by atoms with E-state index in [0.29, 0.717) is 27.9 Å². The standard InChI is InChI=1S/C23H17ClN2O6S/c1-14-2-8-18(19(12-14)26(29)30)20-9-7-17(32-20)13-21-22(27)25(23(28)33-21)10-11-31-16-5-3-15(24)4-6-16/h2-9,12-13H,10-11H2,1H3/b21-13-. The number of carbonyl (C=O) groups is 2. The summed E-state index contributed by atoms with van der Waals surface area (Å²) in [4.78, 5) is 37.2. The van der Waals surface area contributed by atoms with Crippen LogP contribution in [0, 0.1) is 17.0 Å². The number of amides is 2. The van der Waals surface area contributed by atoms with Gasteiger partial charge in [-0.25, -0.2) is 0 Å². The molecule has 4 rings (SSSR count). The number of carbonyl (C=O) groups excluding carboxylic acids is 2. The quantitative estimate of drug-likeness (QED) is 0.232. The molecule has 2 heterocycles. The van der Waals surface area contributed by atoms with Crippen molar-refractivity contribution in [2.75, 3.05) is 13.2 Å². The molecule has 1 aromatic heterocycles. The van der Waals surface area contributed by atoms with Crippen molar-refractivity contribution >= 4 is 46.3 Å². The number of hydrogen-bond donors (Lipinski definition) is 0. The van der Waals surface area contributed by atoms with Gasteiger partial charge in [0.15, 0.2) is 0 Å². The van der Waals surface area contributed by atoms with Gasteiger partial charge in [-0.05, 0) is 66.7 Å². The summed E-state index contributed by atoms with van der Waals surface area (Å²) in [5, 5.41) is 11.6. The molecule has 0 N–H and O–H groups in total. The van der Waals surface area contributed by atoms with E-state index in [1.165, 1.54) is 12.1 Å². The number of nitrogens with zero attached hydrogens (tertiary/aromatic N) is 2. The summed E-state index contributed by atoms with van der Waals surface area (Å²) in [6.45, 7) is 1.99. The molecule has 0 spiro atoms. The first-order chi connectivity index (χ1) is 15.8. The maximum absolute atomic E-state index is 12.7. The Morgan fingerprint density at radius 2 is 1.91 bits per heavy atom. The lowest BCUT2D eigenvalue weighted by molar-refractivity contribution is -0.384. The van der Waals surface area contributed by atoms with Crippen molar-refractivity contribution in [3.8, 4) is 17.1 Å². The van der Waals surface area contributed by atoms with Gasteiger partial charge in [0.25, 0.3) is 16.8 Å². The van der Waals surface area contributed by atoms with Crippen LogP contribution < -0.4 is 4.74 Å². The van der Waals surface area contributed by atoms with E-state index in [2.05, 4.69) is 0 Å². The lowest BCUT2D eigenvalue weighted by atomic mass is 10.1. The summed E-state index contributed by atoms with van der Waals surface area (Å²) < 4.78 is 11.3. The Kier molecular flexibility index (Phi) is 6.52. The topological polar surface area (TPSA) is 103 Å². The summed E-state index contributed by atoms with van der Waals surface area (Å²) in [5.74, 6) is 0.727. The van der Waals surface area contributed by atoms with Crippen molar-refractivity contribution in [3.63, 3.8) is 0 Å². The van der Waals surface area contributed by atoms with Crippen LogP contribution >= 0.6 is 23.4 Å². The van der Waals surface area contributed by atoms with Gasteiger partial charge in [-0.15, -0.1) is 0 Å². The number of hydrogen-bond acceptors (Lipinski definition) is 7. The predicted molar refractivity (Wildman–Crippen MR) is 125 cm³/mol. The number of benzene rings is 2. The van der Waals surface area contributed by atoms with Crippen molar-refractivity contribution < 1.29 is 23.7 Å². The largest absolute Gasteiger partial charge is 0.492 e. The lowest BCUT2D eigenvalue weighted by Gasteiger charge is -2.13. The zero-order valence-corrected chi connectivity index (χ0v) is 18.9. The molecular weight excluding hydrogens is 468 g/mol. The second-order valence-electron chi connectivity index (χ2n) is 7.12. The van der Waals surface area contributed by atoms with E-state index in [9.17, 15) is 19.7 Å². The van der Waals surface area contributed by atoms with Crippen LogP contribution in [0.4, 0.5) is 10.5 Å². The van der Waals surface area contributed by atoms with E-state index in [1.54, 1.807) is 55.5 Å². The number of ether oxygens (including phenoxy) is 1.